The molecule has 8 heteroatoms. The zero-order chi connectivity index (χ0) is 15.7. The first-order valence-electron chi connectivity index (χ1n) is 6.50. The third kappa shape index (κ3) is 4.37. The van der Waals surface area contributed by atoms with E-state index < -0.39 is 20.8 Å². The Balaban J connectivity index is 2.03. The van der Waals surface area contributed by atoms with Gasteiger partial charge in [-0.05, 0) is 43.7 Å². The number of sulfonamides is 1. The van der Waals surface area contributed by atoms with Crippen molar-refractivity contribution in [3.8, 4) is 0 Å². The minimum Gasteiger partial charge on any atom is -0.207 e. The molecule has 1 heterocycles. The summed E-state index contributed by atoms with van der Waals surface area (Å²) in [6, 6.07) is 6.47. The molecule has 0 amide bonds. The summed E-state index contributed by atoms with van der Waals surface area (Å²) >= 11 is -0.0334. The number of piperidine rings is 1. The molecule has 2 rings (SSSR count). The fourth-order valence-electron chi connectivity index (χ4n) is 2.24. The van der Waals surface area contributed by atoms with E-state index in [2.05, 4.69) is 0 Å². The monoisotopic (exact) mass is 339 g/mol. The van der Waals surface area contributed by atoms with Crippen molar-refractivity contribution in [3.05, 3.63) is 29.8 Å². The molecule has 1 saturated heterocycles. The van der Waals surface area contributed by atoms with Gasteiger partial charge in [0.1, 0.15) is 0 Å². The Morgan fingerprint density at radius 1 is 1.14 bits per heavy atom. The van der Waals surface area contributed by atoms with Gasteiger partial charge >= 0.3 is 5.51 Å². The van der Waals surface area contributed by atoms with Crippen LogP contribution in [0.5, 0.6) is 0 Å². The molecule has 0 aromatic heterocycles. The van der Waals surface area contributed by atoms with Gasteiger partial charge < -0.3 is 0 Å². The fraction of sp³-hybridized carbons (Fsp3) is 0.538. The number of nitrogens with zero attached hydrogens (tertiary/aromatic N) is 1. The zero-order valence-electron chi connectivity index (χ0n) is 11.4. The molecule has 1 fully saturated rings. The van der Waals surface area contributed by atoms with E-state index in [0.717, 1.165) is 5.56 Å². The highest BCUT2D eigenvalue weighted by atomic mass is 32.2. The molecule has 0 unspecified atom stereocenters. The molecule has 1 aromatic carbocycles. The summed E-state index contributed by atoms with van der Waals surface area (Å²) in [6.45, 7) is 2.12. The average molecular weight is 339 g/mol. The Morgan fingerprint density at radius 2 is 1.67 bits per heavy atom. The summed E-state index contributed by atoms with van der Waals surface area (Å²) in [6.07, 6.45) is 0.435. The van der Waals surface area contributed by atoms with Crippen LogP contribution in [0.3, 0.4) is 0 Å². The molecule has 1 aliphatic heterocycles. The Kier molecular flexibility index (Phi) is 4.89. The lowest BCUT2D eigenvalue weighted by Gasteiger charge is -2.31. The predicted octanol–water partition coefficient (Wildman–Crippen LogP) is 3.40. The maximum atomic E-state index is 12.4. The van der Waals surface area contributed by atoms with Crippen LogP contribution < -0.4 is 0 Å². The van der Waals surface area contributed by atoms with E-state index in [9.17, 15) is 21.6 Å². The van der Waals surface area contributed by atoms with E-state index in [4.69, 9.17) is 0 Å². The number of thioether (sulfide) groups is 1. The molecule has 1 aliphatic rings. The van der Waals surface area contributed by atoms with Crippen LogP contribution in [-0.2, 0) is 10.0 Å². The van der Waals surface area contributed by atoms with Crippen molar-refractivity contribution < 1.29 is 21.6 Å². The Hall–Kier alpha value is -0.730. The van der Waals surface area contributed by atoms with Gasteiger partial charge in [-0.1, -0.05) is 17.7 Å². The number of hydrogen-bond donors (Lipinski definition) is 0. The van der Waals surface area contributed by atoms with Crippen molar-refractivity contribution in [1.82, 2.24) is 4.31 Å². The number of halogens is 3. The highest BCUT2D eigenvalue weighted by molar-refractivity contribution is 8.00. The maximum Gasteiger partial charge on any atom is 0.442 e. The van der Waals surface area contributed by atoms with Gasteiger partial charge in [-0.2, -0.15) is 17.5 Å². The van der Waals surface area contributed by atoms with E-state index in [1.807, 2.05) is 6.92 Å². The number of rotatable bonds is 3. The Bertz CT molecular complexity index is 576. The molecule has 0 spiro atoms. The first-order chi connectivity index (χ1) is 9.68. The van der Waals surface area contributed by atoms with E-state index in [-0.39, 0.29) is 42.6 Å². The average Bonchev–Trinajstić information content (AvgIpc) is 2.38. The summed E-state index contributed by atoms with van der Waals surface area (Å²) in [5.74, 6) is 0. The minimum absolute atomic E-state index is 0.0334. The van der Waals surface area contributed by atoms with Gasteiger partial charge in [0, 0.05) is 18.3 Å². The fourth-order valence-corrected chi connectivity index (χ4v) is 4.53. The molecular weight excluding hydrogens is 323 g/mol. The smallest absolute Gasteiger partial charge is 0.207 e. The van der Waals surface area contributed by atoms with Gasteiger partial charge in [0.25, 0.3) is 0 Å². The van der Waals surface area contributed by atoms with Crippen LogP contribution in [-0.4, -0.2) is 36.6 Å². The number of alkyl halides is 3. The summed E-state index contributed by atoms with van der Waals surface area (Å²) in [7, 11) is -3.60. The first-order valence-corrected chi connectivity index (χ1v) is 8.82. The number of aryl methyl sites for hydroxylation is 1. The van der Waals surface area contributed by atoms with Gasteiger partial charge in [-0.25, -0.2) is 8.42 Å². The van der Waals surface area contributed by atoms with Crippen LogP contribution in [0.4, 0.5) is 13.2 Å². The standard InChI is InChI=1S/C13H16F3NO2S2/c1-10-2-4-12(5-3-10)21(18,19)17-8-6-11(7-9-17)20-13(14,15)16/h2-5,11H,6-9H2,1H3. The van der Waals surface area contributed by atoms with Crippen molar-refractivity contribution in [2.24, 2.45) is 0 Å². The van der Waals surface area contributed by atoms with E-state index >= 15 is 0 Å². The summed E-state index contributed by atoms with van der Waals surface area (Å²) in [5.41, 5.74) is -3.31. The first kappa shape index (κ1) is 16.6. The zero-order valence-corrected chi connectivity index (χ0v) is 13.1. The second-order valence-electron chi connectivity index (χ2n) is 4.98. The lowest BCUT2D eigenvalue weighted by atomic mass is 10.2. The SMILES string of the molecule is Cc1ccc(S(=O)(=O)N2CCC(SC(F)(F)F)CC2)cc1. The molecule has 0 bridgehead atoms. The van der Waals surface area contributed by atoms with Crippen LogP contribution in [0.2, 0.25) is 0 Å². The van der Waals surface area contributed by atoms with Crippen LogP contribution in [0.25, 0.3) is 0 Å². The number of benzene rings is 1. The summed E-state index contributed by atoms with van der Waals surface area (Å²) in [5, 5.41) is -0.561. The van der Waals surface area contributed by atoms with Crippen molar-refractivity contribution in [2.75, 3.05) is 13.1 Å². The van der Waals surface area contributed by atoms with E-state index in [0.29, 0.717) is 0 Å². The molecule has 0 N–H and O–H groups in total. The molecule has 0 aliphatic carbocycles. The normalized spacial score (nSPS) is 18.9. The lowest BCUT2D eigenvalue weighted by Crippen LogP contribution is -2.39. The lowest BCUT2D eigenvalue weighted by molar-refractivity contribution is -0.0336. The van der Waals surface area contributed by atoms with Crippen LogP contribution >= 0.6 is 11.8 Å². The second-order valence-corrected chi connectivity index (χ2v) is 8.28. The third-order valence-electron chi connectivity index (χ3n) is 3.36. The van der Waals surface area contributed by atoms with E-state index in [1.165, 1.54) is 16.4 Å². The van der Waals surface area contributed by atoms with Gasteiger partial charge in [0.05, 0.1) is 4.90 Å². The quantitative estimate of drug-likeness (QED) is 0.847. The topological polar surface area (TPSA) is 37.4 Å². The summed E-state index contributed by atoms with van der Waals surface area (Å²) < 4.78 is 63.0. The van der Waals surface area contributed by atoms with Gasteiger partial charge in [0.2, 0.25) is 10.0 Å². The van der Waals surface area contributed by atoms with Gasteiger partial charge in [-0.15, -0.1) is 0 Å². The van der Waals surface area contributed by atoms with Crippen molar-refractivity contribution in [3.63, 3.8) is 0 Å². The van der Waals surface area contributed by atoms with Crippen molar-refractivity contribution in [2.45, 2.75) is 35.4 Å². The second kappa shape index (κ2) is 6.18. The van der Waals surface area contributed by atoms with Crippen LogP contribution in [0.1, 0.15) is 18.4 Å². The highest BCUT2D eigenvalue weighted by Gasteiger charge is 2.36. The molecular formula is C13H16F3NO2S2. The maximum absolute atomic E-state index is 12.4. The Labute approximate surface area is 126 Å². The van der Waals surface area contributed by atoms with E-state index in [1.54, 1.807) is 12.1 Å². The molecule has 118 valence electrons. The van der Waals surface area contributed by atoms with Crippen molar-refractivity contribution >= 4 is 21.8 Å². The largest absolute Gasteiger partial charge is 0.442 e. The summed E-state index contributed by atoms with van der Waals surface area (Å²) in [4.78, 5) is 0.190. The minimum atomic E-state index is -4.26. The van der Waals surface area contributed by atoms with Crippen LogP contribution in [0, 0.1) is 6.92 Å². The molecule has 21 heavy (non-hydrogen) atoms. The Morgan fingerprint density at radius 3 is 2.14 bits per heavy atom. The van der Waals surface area contributed by atoms with Gasteiger partial charge in [-0.3, -0.25) is 0 Å². The molecule has 1 aromatic rings. The van der Waals surface area contributed by atoms with Crippen molar-refractivity contribution in [1.29, 1.82) is 0 Å². The molecule has 0 atom stereocenters. The highest BCUT2D eigenvalue weighted by Crippen LogP contribution is 2.38. The van der Waals surface area contributed by atoms with Crippen LogP contribution in [0.15, 0.2) is 29.2 Å². The van der Waals surface area contributed by atoms with Gasteiger partial charge in [0.15, 0.2) is 0 Å². The molecule has 0 saturated carbocycles. The molecule has 0 radical (unpaired) electrons. The molecule has 3 nitrogen and oxygen atoms in total. The number of hydrogen-bond acceptors (Lipinski definition) is 3. The third-order valence-corrected chi connectivity index (χ3v) is 6.34. The predicted molar refractivity (Wildman–Crippen MR) is 76.6 cm³/mol.